The number of fused-ring (bicyclic) bond motifs is 1. The van der Waals surface area contributed by atoms with Gasteiger partial charge < -0.3 is 14.6 Å². The van der Waals surface area contributed by atoms with Crippen molar-refractivity contribution in [3.63, 3.8) is 0 Å². The Hall–Kier alpha value is -2.54. The van der Waals surface area contributed by atoms with Crippen LogP contribution in [0.2, 0.25) is 0 Å². The molecule has 0 saturated carbocycles. The molecule has 0 amide bonds. The molecule has 23 heavy (non-hydrogen) atoms. The zero-order chi connectivity index (χ0) is 16.6. The van der Waals surface area contributed by atoms with E-state index in [1.807, 2.05) is 29.7 Å². The summed E-state index contributed by atoms with van der Waals surface area (Å²) in [5, 5.41) is 8.86. The molecule has 0 bridgehead atoms. The molecule has 0 aliphatic rings. The predicted molar refractivity (Wildman–Crippen MR) is 87.7 cm³/mol. The van der Waals surface area contributed by atoms with Gasteiger partial charge in [0.1, 0.15) is 0 Å². The fourth-order valence-corrected chi connectivity index (χ4v) is 3.41. The van der Waals surface area contributed by atoms with Gasteiger partial charge >= 0.3 is 5.97 Å². The molecular weight excluding hydrogens is 316 g/mol. The summed E-state index contributed by atoms with van der Waals surface area (Å²) in [4.78, 5) is 16.9. The van der Waals surface area contributed by atoms with Gasteiger partial charge in [-0.05, 0) is 24.6 Å². The van der Waals surface area contributed by atoms with Crippen molar-refractivity contribution in [1.82, 2.24) is 9.38 Å². The van der Waals surface area contributed by atoms with Gasteiger partial charge in [-0.1, -0.05) is 0 Å². The van der Waals surface area contributed by atoms with Crippen molar-refractivity contribution in [2.24, 2.45) is 0 Å². The second-order valence-corrected chi connectivity index (χ2v) is 6.20. The number of ether oxygens (including phenoxy) is 2. The quantitative estimate of drug-likeness (QED) is 0.777. The molecule has 0 unspecified atom stereocenters. The van der Waals surface area contributed by atoms with Gasteiger partial charge in [0.25, 0.3) is 0 Å². The molecule has 0 radical (unpaired) electrons. The van der Waals surface area contributed by atoms with Crippen molar-refractivity contribution in [3.05, 3.63) is 35.0 Å². The number of aliphatic carboxylic acids is 1. The van der Waals surface area contributed by atoms with Crippen LogP contribution in [0.25, 0.3) is 16.2 Å². The van der Waals surface area contributed by atoms with Crippen LogP contribution in [0.15, 0.2) is 24.5 Å². The molecular formula is C16H16N2O4S. The van der Waals surface area contributed by atoms with E-state index in [9.17, 15) is 4.79 Å². The third-order valence-electron chi connectivity index (χ3n) is 3.54. The highest BCUT2D eigenvalue weighted by Gasteiger charge is 2.14. The Labute approximate surface area is 136 Å². The highest BCUT2D eigenvalue weighted by atomic mass is 32.1. The fraction of sp³-hybridized carbons (Fsp3) is 0.250. The number of hydrogen-bond donors (Lipinski definition) is 1. The molecule has 6 nitrogen and oxygen atoms in total. The van der Waals surface area contributed by atoms with E-state index in [2.05, 4.69) is 4.98 Å². The van der Waals surface area contributed by atoms with Crippen LogP contribution in [0, 0.1) is 6.92 Å². The highest BCUT2D eigenvalue weighted by Crippen LogP contribution is 2.35. The molecule has 7 heteroatoms. The first-order valence-corrected chi connectivity index (χ1v) is 7.75. The number of aryl methyl sites for hydroxylation is 1. The molecule has 0 fully saturated rings. The van der Waals surface area contributed by atoms with Gasteiger partial charge in [0.2, 0.25) is 0 Å². The van der Waals surface area contributed by atoms with Gasteiger partial charge in [-0.3, -0.25) is 9.20 Å². The van der Waals surface area contributed by atoms with Crippen LogP contribution in [0.3, 0.4) is 0 Å². The number of nitrogens with zero attached hydrogens (tertiary/aromatic N) is 2. The number of carbonyl (C=O) groups is 1. The molecule has 0 spiro atoms. The van der Waals surface area contributed by atoms with Crippen LogP contribution in [-0.4, -0.2) is 34.7 Å². The Morgan fingerprint density at radius 1 is 1.26 bits per heavy atom. The molecule has 2 aromatic heterocycles. The van der Waals surface area contributed by atoms with Gasteiger partial charge in [-0.2, -0.15) is 0 Å². The van der Waals surface area contributed by atoms with Crippen molar-refractivity contribution in [2.75, 3.05) is 14.2 Å². The Morgan fingerprint density at radius 2 is 1.96 bits per heavy atom. The molecule has 0 aliphatic heterocycles. The lowest BCUT2D eigenvalue weighted by molar-refractivity contribution is -0.136. The molecule has 2 heterocycles. The Morgan fingerprint density at radius 3 is 2.57 bits per heavy atom. The van der Waals surface area contributed by atoms with Crippen molar-refractivity contribution < 1.29 is 19.4 Å². The average Bonchev–Trinajstić information content (AvgIpc) is 3.04. The lowest BCUT2D eigenvalue weighted by atomic mass is 10.1. The minimum Gasteiger partial charge on any atom is -0.493 e. The first-order valence-electron chi connectivity index (χ1n) is 6.94. The number of carboxylic acids is 1. The van der Waals surface area contributed by atoms with E-state index >= 15 is 0 Å². The number of aromatic nitrogens is 2. The molecule has 0 aliphatic carbocycles. The summed E-state index contributed by atoms with van der Waals surface area (Å²) in [6, 6.07) is 3.82. The van der Waals surface area contributed by atoms with Gasteiger partial charge in [-0.15, -0.1) is 11.3 Å². The van der Waals surface area contributed by atoms with Crippen LogP contribution < -0.4 is 9.47 Å². The largest absolute Gasteiger partial charge is 0.493 e. The molecule has 1 aromatic carbocycles. The van der Waals surface area contributed by atoms with E-state index in [1.165, 1.54) is 11.3 Å². The van der Waals surface area contributed by atoms with E-state index in [0.29, 0.717) is 11.5 Å². The lowest BCUT2D eigenvalue weighted by Gasteiger charge is -2.11. The van der Waals surface area contributed by atoms with Crippen LogP contribution in [0.4, 0.5) is 0 Å². The first kappa shape index (κ1) is 15.4. The lowest BCUT2D eigenvalue weighted by Crippen LogP contribution is -1.97. The maximum Gasteiger partial charge on any atom is 0.308 e. The molecule has 0 atom stereocenters. The predicted octanol–water partition coefficient (Wildman–Crippen LogP) is 3.02. The van der Waals surface area contributed by atoms with Gasteiger partial charge in [0.05, 0.1) is 26.3 Å². The zero-order valence-electron chi connectivity index (χ0n) is 13.0. The summed E-state index contributed by atoms with van der Waals surface area (Å²) in [5.41, 5.74) is 2.80. The van der Waals surface area contributed by atoms with Crippen LogP contribution in [-0.2, 0) is 11.2 Å². The average molecular weight is 332 g/mol. The smallest absolute Gasteiger partial charge is 0.308 e. The Kier molecular flexibility index (Phi) is 3.96. The Balaban J connectivity index is 2.03. The number of imidazole rings is 1. The number of benzene rings is 1. The van der Waals surface area contributed by atoms with Crippen molar-refractivity contribution >= 4 is 22.3 Å². The minimum absolute atomic E-state index is 0.0126. The summed E-state index contributed by atoms with van der Waals surface area (Å²) in [6.45, 7) is 1.99. The van der Waals surface area contributed by atoms with Crippen LogP contribution in [0.5, 0.6) is 11.5 Å². The van der Waals surface area contributed by atoms with Crippen molar-refractivity contribution in [1.29, 1.82) is 0 Å². The summed E-state index contributed by atoms with van der Waals surface area (Å²) in [6.07, 6.45) is 3.71. The van der Waals surface area contributed by atoms with Crippen LogP contribution >= 0.6 is 11.3 Å². The van der Waals surface area contributed by atoms with Crippen molar-refractivity contribution in [3.8, 4) is 22.8 Å². The maximum atomic E-state index is 10.8. The molecule has 120 valence electrons. The number of carboxylic acid groups (broad SMARTS) is 1. The second kappa shape index (κ2) is 5.92. The number of hydrogen-bond acceptors (Lipinski definition) is 5. The molecule has 1 N–H and O–H groups in total. The summed E-state index contributed by atoms with van der Waals surface area (Å²) < 4.78 is 12.5. The van der Waals surface area contributed by atoms with E-state index in [1.54, 1.807) is 20.4 Å². The van der Waals surface area contributed by atoms with Crippen LogP contribution in [0.1, 0.15) is 10.4 Å². The normalized spacial score (nSPS) is 10.9. The fourth-order valence-electron chi connectivity index (χ4n) is 2.46. The summed E-state index contributed by atoms with van der Waals surface area (Å²) in [5.74, 6) is 0.486. The van der Waals surface area contributed by atoms with Gasteiger partial charge in [0, 0.05) is 22.8 Å². The van der Waals surface area contributed by atoms with E-state index < -0.39 is 5.97 Å². The third kappa shape index (κ3) is 2.87. The standard InChI is InChI=1S/C16H16N2O4S/c1-9-4-13(21-2)14(22-3)6-11(9)12-8-18-7-10(5-15(19)20)23-16(18)17-12/h4,6-8H,5H2,1-3H3,(H,19,20). The number of methoxy groups -OCH3 is 2. The number of thiazole rings is 1. The molecule has 0 saturated heterocycles. The van der Waals surface area contributed by atoms with Gasteiger partial charge in [0.15, 0.2) is 16.5 Å². The van der Waals surface area contributed by atoms with E-state index in [0.717, 1.165) is 26.7 Å². The minimum atomic E-state index is -0.842. The topological polar surface area (TPSA) is 73.1 Å². The second-order valence-electron chi connectivity index (χ2n) is 5.11. The first-order chi connectivity index (χ1) is 11.0. The van der Waals surface area contributed by atoms with E-state index in [4.69, 9.17) is 14.6 Å². The van der Waals surface area contributed by atoms with Gasteiger partial charge in [-0.25, -0.2) is 4.98 Å². The summed E-state index contributed by atoms with van der Waals surface area (Å²) in [7, 11) is 3.20. The third-order valence-corrected chi connectivity index (χ3v) is 4.53. The van der Waals surface area contributed by atoms with Crippen molar-refractivity contribution in [2.45, 2.75) is 13.3 Å². The monoisotopic (exact) mass is 332 g/mol. The number of rotatable bonds is 5. The SMILES string of the molecule is COc1cc(C)c(-c2cn3cc(CC(=O)O)sc3n2)cc1OC. The zero-order valence-corrected chi connectivity index (χ0v) is 13.8. The highest BCUT2D eigenvalue weighted by molar-refractivity contribution is 7.17. The Bertz CT molecular complexity index is 850. The molecule has 3 aromatic rings. The maximum absolute atomic E-state index is 10.8. The van der Waals surface area contributed by atoms with E-state index in [-0.39, 0.29) is 6.42 Å². The molecule has 3 rings (SSSR count). The summed E-state index contributed by atoms with van der Waals surface area (Å²) >= 11 is 1.38.